The van der Waals surface area contributed by atoms with E-state index in [9.17, 15) is 8.42 Å². The highest BCUT2D eigenvalue weighted by atomic mass is 32.2. The highest BCUT2D eigenvalue weighted by Crippen LogP contribution is 2.24. The monoisotopic (exact) mass is 375 g/mol. The Kier molecular flexibility index (Phi) is 6.76. The van der Waals surface area contributed by atoms with Crippen molar-refractivity contribution >= 4 is 20.6 Å². The third-order valence-electron chi connectivity index (χ3n) is 4.16. The Morgan fingerprint density at radius 2 is 1.77 bits per heavy atom. The topological polar surface area (TPSA) is 96.5 Å². The molecule has 7 heteroatoms. The number of nitrogens with zero attached hydrogens (tertiary/aromatic N) is 1. The number of nitrogen functional groups attached to an aromatic ring is 1. The minimum absolute atomic E-state index is 0.0669. The minimum Gasteiger partial charge on any atom is -0.492 e. The molecular formula is C19H25N3O3S. The molecule has 0 unspecified atom stereocenters. The molecule has 26 heavy (non-hydrogen) atoms. The molecule has 0 amide bonds. The first kappa shape index (κ1) is 19.9. The highest BCUT2D eigenvalue weighted by molar-refractivity contribution is 8.06. The minimum atomic E-state index is -3.93. The van der Waals surface area contributed by atoms with Crippen LogP contribution in [-0.4, -0.2) is 44.6 Å². The molecule has 2 rings (SSSR count). The van der Waals surface area contributed by atoms with Gasteiger partial charge in [0.2, 0.25) is 9.84 Å². The maximum absolute atomic E-state index is 12.6. The average Bonchev–Trinajstić information content (AvgIpc) is 2.66. The number of hydrogen-bond donors (Lipinski definition) is 2. The molecule has 0 spiro atoms. The average molecular weight is 375 g/mol. The SMILES string of the molecule is CCN(CC)CCOc1ccc(N)c(C(=N)S(=O)(=O)c2ccccc2)c1. The van der Waals surface area contributed by atoms with E-state index in [0.717, 1.165) is 19.6 Å². The first-order chi connectivity index (χ1) is 12.4. The summed E-state index contributed by atoms with van der Waals surface area (Å²) in [5, 5.41) is 7.65. The fourth-order valence-electron chi connectivity index (χ4n) is 2.52. The van der Waals surface area contributed by atoms with Gasteiger partial charge in [-0.1, -0.05) is 32.0 Å². The molecule has 3 N–H and O–H groups in total. The van der Waals surface area contributed by atoms with Gasteiger partial charge in [-0.15, -0.1) is 0 Å². The van der Waals surface area contributed by atoms with Gasteiger partial charge in [0.1, 0.15) is 12.4 Å². The maximum Gasteiger partial charge on any atom is 0.223 e. The van der Waals surface area contributed by atoms with Gasteiger partial charge in [-0.3, -0.25) is 5.41 Å². The molecule has 2 aromatic rings. The number of sulfone groups is 1. The van der Waals surface area contributed by atoms with E-state index >= 15 is 0 Å². The number of rotatable bonds is 8. The molecular weight excluding hydrogens is 350 g/mol. The third kappa shape index (κ3) is 4.62. The molecule has 0 aliphatic carbocycles. The molecule has 0 bridgehead atoms. The Bertz CT molecular complexity index is 848. The first-order valence-corrected chi connectivity index (χ1v) is 10.0. The summed E-state index contributed by atoms with van der Waals surface area (Å²) < 4.78 is 31.0. The Morgan fingerprint density at radius 1 is 1.12 bits per heavy atom. The summed E-state index contributed by atoms with van der Waals surface area (Å²) >= 11 is 0. The zero-order valence-electron chi connectivity index (χ0n) is 15.1. The van der Waals surface area contributed by atoms with Crippen molar-refractivity contribution in [2.45, 2.75) is 18.7 Å². The summed E-state index contributed by atoms with van der Waals surface area (Å²) in [6.45, 7) is 7.29. The highest BCUT2D eigenvalue weighted by Gasteiger charge is 2.24. The number of likely N-dealkylation sites (N-methyl/N-ethyl adjacent to an activating group) is 1. The number of nitrogens with two attached hydrogens (primary N) is 1. The fraction of sp³-hybridized carbons (Fsp3) is 0.316. The molecule has 2 aromatic carbocycles. The van der Waals surface area contributed by atoms with Crippen molar-refractivity contribution in [2.75, 3.05) is 32.0 Å². The van der Waals surface area contributed by atoms with Crippen LogP contribution in [0.2, 0.25) is 0 Å². The smallest absolute Gasteiger partial charge is 0.223 e. The molecule has 140 valence electrons. The largest absolute Gasteiger partial charge is 0.492 e. The van der Waals surface area contributed by atoms with Gasteiger partial charge in [-0.2, -0.15) is 0 Å². The second-order valence-electron chi connectivity index (χ2n) is 5.77. The number of hydrogen-bond acceptors (Lipinski definition) is 6. The van der Waals surface area contributed by atoms with E-state index in [1.807, 2.05) is 0 Å². The molecule has 0 aromatic heterocycles. The van der Waals surface area contributed by atoms with Crippen molar-refractivity contribution in [2.24, 2.45) is 0 Å². The predicted octanol–water partition coefficient (Wildman–Crippen LogP) is 2.79. The molecule has 0 radical (unpaired) electrons. The van der Waals surface area contributed by atoms with Crippen LogP contribution in [0.5, 0.6) is 5.75 Å². The molecule has 6 nitrogen and oxygen atoms in total. The van der Waals surface area contributed by atoms with Crippen LogP contribution in [-0.2, 0) is 9.84 Å². The standard InChI is InChI=1S/C19H25N3O3S/c1-3-22(4-2)12-13-25-15-10-11-18(20)17(14-15)19(21)26(23,24)16-8-6-5-7-9-16/h5-11,14,21H,3-4,12-13,20H2,1-2H3. The van der Waals surface area contributed by atoms with Crippen LogP contribution in [0.3, 0.4) is 0 Å². The lowest BCUT2D eigenvalue weighted by atomic mass is 10.2. The number of ether oxygens (including phenoxy) is 1. The van der Waals surface area contributed by atoms with Crippen LogP contribution in [0.15, 0.2) is 53.4 Å². The van der Waals surface area contributed by atoms with E-state index in [2.05, 4.69) is 18.7 Å². The van der Waals surface area contributed by atoms with Crippen LogP contribution in [0.4, 0.5) is 5.69 Å². The van der Waals surface area contributed by atoms with Crippen molar-refractivity contribution in [3.63, 3.8) is 0 Å². The van der Waals surface area contributed by atoms with Gasteiger partial charge in [-0.05, 0) is 43.4 Å². The molecule has 0 aliphatic heterocycles. The molecule has 0 fully saturated rings. The van der Waals surface area contributed by atoms with Gasteiger partial charge in [0.05, 0.1) is 4.90 Å². The third-order valence-corrected chi connectivity index (χ3v) is 5.81. The van der Waals surface area contributed by atoms with Crippen LogP contribution in [0.1, 0.15) is 19.4 Å². The predicted molar refractivity (Wildman–Crippen MR) is 105 cm³/mol. The van der Waals surface area contributed by atoms with E-state index in [0.29, 0.717) is 12.4 Å². The van der Waals surface area contributed by atoms with Gasteiger partial charge in [-0.25, -0.2) is 8.42 Å². The molecule has 0 saturated carbocycles. The van der Waals surface area contributed by atoms with Crippen molar-refractivity contribution in [3.05, 3.63) is 54.1 Å². The summed E-state index contributed by atoms with van der Waals surface area (Å²) in [5.74, 6) is 0.495. The van der Waals surface area contributed by atoms with E-state index in [4.69, 9.17) is 15.9 Å². The number of anilines is 1. The number of benzene rings is 2. The quantitative estimate of drug-likeness (QED) is 0.420. The summed E-state index contributed by atoms with van der Waals surface area (Å²) in [6.07, 6.45) is 0. The van der Waals surface area contributed by atoms with E-state index in [1.54, 1.807) is 30.3 Å². The summed E-state index contributed by atoms with van der Waals surface area (Å²) in [4.78, 5) is 2.29. The first-order valence-electron chi connectivity index (χ1n) is 8.53. The second-order valence-corrected chi connectivity index (χ2v) is 7.66. The van der Waals surface area contributed by atoms with Crippen LogP contribution in [0.25, 0.3) is 0 Å². The molecule has 0 saturated heterocycles. The fourth-order valence-corrected chi connectivity index (χ4v) is 3.73. The van der Waals surface area contributed by atoms with Crippen LogP contribution < -0.4 is 10.5 Å². The summed E-state index contributed by atoms with van der Waals surface area (Å²) in [5.41, 5.74) is 6.29. The van der Waals surface area contributed by atoms with Gasteiger partial charge < -0.3 is 15.4 Å². The number of nitrogens with one attached hydrogen (secondary N) is 1. The van der Waals surface area contributed by atoms with Crippen molar-refractivity contribution < 1.29 is 13.2 Å². The van der Waals surface area contributed by atoms with E-state index in [1.165, 1.54) is 18.2 Å². The lowest BCUT2D eigenvalue weighted by Gasteiger charge is -2.18. The lowest BCUT2D eigenvalue weighted by Crippen LogP contribution is -2.28. The van der Waals surface area contributed by atoms with E-state index < -0.39 is 14.9 Å². The van der Waals surface area contributed by atoms with Crippen molar-refractivity contribution in [3.8, 4) is 5.75 Å². The van der Waals surface area contributed by atoms with Crippen LogP contribution in [0, 0.1) is 5.41 Å². The van der Waals surface area contributed by atoms with Gasteiger partial charge in [0, 0.05) is 17.8 Å². The Labute approximate surface area is 155 Å². The van der Waals surface area contributed by atoms with Gasteiger partial charge >= 0.3 is 0 Å². The normalized spacial score (nSPS) is 11.5. The van der Waals surface area contributed by atoms with Crippen molar-refractivity contribution in [1.82, 2.24) is 4.90 Å². The van der Waals surface area contributed by atoms with Gasteiger partial charge in [0.15, 0.2) is 5.04 Å². The Morgan fingerprint density at radius 3 is 2.38 bits per heavy atom. The maximum atomic E-state index is 12.6. The summed E-state index contributed by atoms with van der Waals surface area (Å²) in [6, 6.07) is 12.7. The molecule has 0 aliphatic rings. The van der Waals surface area contributed by atoms with Crippen molar-refractivity contribution in [1.29, 1.82) is 5.41 Å². The summed E-state index contributed by atoms with van der Waals surface area (Å²) in [7, 11) is -3.93. The zero-order chi connectivity index (χ0) is 19.2. The van der Waals surface area contributed by atoms with Gasteiger partial charge in [0.25, 0.3) is 0 Å². The zero-order valence-corrected chi connectivity index (χ0v) is 15.9. The Hall–Kier alpha value is -2.38. The molecule has 0 heterocycles. The molecule has 0 atom stereocenters. The Balaban J connectivity index is 2.20. The van der Waals surface area contributed by atoms with E-state index in [-0.39, 0.29) is 16.1 Å². The lowest BCUT2D eigenvalue weighted by molar-refractivity contribution is 0.223. The van der Waals surface area contributed by atoms with Crippen LogP contribution >= 0.6 is 0 Å². The second kappa shape index (κ2) is 8.82.